The third kappa shape index (κ3) is 7.38. The van der Waals surface area contributed by atoms with Gasteiger partial charge in [0.2, 0.25) is 0 Å². The molecule has 1 unspecified atom stereocenters. The fourth-order valence-corrected chi connectivity index (χ4v) is 5.69. The topological polar surface area (TPSA) is 41.5 Å². The van der Waals surface area contributed by atoms with Crippen LogP contribution in [-0.2, 0) is 6.42 Å². The zero-order chi connectivity index (χ0) is 24.8. The van der Waals surface area contributed by atoms with E-state index in [9.17, 15) is 5.11 Å². The highest BCUT2D eigenvalue weighted by atomic mass is 16.5. The average molecular weight is 460 g/mol. The molecular weight excluding hydrogens is 406 g/mol. The van der Waals surface area contributed by atoms with Crippen molar-refractivity contribution in [1.82, 2.24) is 5.32 Å². The largest absolute Gasteiger partial charge is 0.507 e. The summed E-state index contributed by atoms with van der Waals surface area (Å²) in [6.45, 7) is 17.9. The van der Waals surface area contributed by atoms with Crippen LogP contribution < -0.4 is 10.1 Å². The monoisotopic (exact) mass is 459 g/mol. The molecule has 0 saturated heterocycles. The minimum Gasteiger partial charge on any atom is -0.507 e. The van der Waals surface area contributed by atoms with E-state index in [-0.39, 0.29) is 11.6 Å². The molecule has 0 aliphatic carbocycles. The number of likely N-dealkylation sites (N-methyl/N-ethyl adjacent to an activating group) is 1. The number of hydrogen-bond acceptors (Lipinski definition) is 3. The van der Waals surface area contributed by atoms with Gasteiger partial charge >= 0.3 is 0 Å². The molecule has 0 bridgehead atoms. The smallest absolute Gasteiger partial charge is 0.127 e. The highest BCUT2D eigenvalue weighted by Gasteiger charge is 2.41. The van der Waals surface area contributed by atoms with E-state index in [4.69, 9.17) is 4.74 Å². The SMILES string of the molecule is CNC1Cc2c(C)c(O)c(C)c(C)c2O[C@@]1(C)CCC[C@H](C)CCC[C@@H](C)CCCC(C)C. The normalized spacial score (nSPS) is 22.2. The van der Waals surface area contributed by atoms with Crippen molar-refractivity contribution in [3.05, 3.63) is 22.3 Å². The van der Waals surface area contributed by atoms with Crippen LogP contribution in [0.4, 0.5) is 0 Å². The van der Waals surface area contributed by atoms with Gasteiger partial charge in [0.15, 0.2) is 0 Å². The molecule has 0 saturated carbocycles. The van der Waals surface area contributed by atoms with Gasteiger partial charge in [0.25, 0.3) is 0 Å². The molecule has 2 N–H and O–H groups in total. The van der Waals surface area contributed by atoms with Gasteiger partial charge in [-0.3, -0.25) is 0 Å². The van der Waals surface area contributed by atoms with Gasteiger partial charge in [-0.25, -0.2) is 0 Å². The van der Waals surface area contributed by atoms with Crippen molar-refractivity contribution in [2.75, 3.05) is 7.05 Å². The van der Waals surface area contributed by atoms with Gasteiger partial charge in [-0.2, -0.15) is 0 Å². The van der Waals surface area contributed by atoms with Crippen LogP contribution in [0.25, 0.3) is 0 Å². The van der Waals surface area contributed by atoms with E-state index in [2.05, 4.69) is 46.9 Å². The summed E-state index contributed by atoms with van der Waals surface area (Å²) in [5.74, 6) is 3.93. The molecule has 0 amide bonds. The summed E-state index contributed by atoms with van der Waals surface area (Å²) in [6, 6.07) is 0.257. The molecule has 190 valence electrons. The molecule has 4 atom stereocenters. The predicted octanol–water partition coefficient (Wildman–Crippen LogP) is 8.04. The summed E-state index contributed by atoms with van der Waals surface area (Å²) in [5, 5.41) is 14.0. The van der Waals surface area contributed by atoms with Crippen LogP contribution in [0, 0.1) is 38.5 Å². The first-order valence-electron chi connectivity index (χ1n) is 13.7. The number of phenolic OH excluding ortho intramolecular Hbond substituents is 1. The summed E-state index contributed by atoms with van der Waals surface area (Å²) >= 11 is 0. The van der Waals surface area contributed by atoms with Crippen LogP contribution in [0.5, 0.6) is 11.5 Å². The quantitative estimate of drug-likeness (QED) is 0.313. The first kappa shape index (κ1) is 28.0. The Morgan fingerprint density at radius 3 is 1.97 bits per heavy atom. The zero-order valence-corrected chi connectivity index (χ0v) is 23.2. The minimum absolute atomic E-state index is 0.215. The van der Waals surface area contributed by atoms with Gasteiger partial charge in [-0.1, -0.05) is 72.6 Å². The van der Waals surface area contributed by atoms with Crippen LogP contribution >= 0.6 is 0 Å². The molecule has 1 aliphatic heterocycles. The van der Waals surface area contributed by atoms with Gasteiger partial charge in [0, 0.05) is 5.56 Å². The molecule has 1 heterocycles. The maximum atomic E-state index is 10.5. The number of fused-ring (bicyclic) bond motifs is 1. The third-order valence-corrected chi connectivity index (χ3v) is 8.41. The summed E-state index contributed by atoms with van der Waals surface area (Å²) < 4.78 is 6.75. The number of phenols is 1. The highest BCUT2D eigenvalue weighted by Crippen LogP contribution is 2.44. The Kier molecular flexibility index (Phi) is 10.6. The van der Waals surface area contributed by atoms with Gasteiger partial charge in [-0.05, 0) is 88.4 Å². The Hall–Kier alpha value is -1.22. The van der Waals surface area contributed by atoms with E-state index in [1.807, 2.05) is 20.9 Å². The maximum Gasteiger partial charge on any atom is 0.127 e. The Balaban J connectivity index is 1.85. The second-order valence-electron chi connectivity index (χ2n) is 11.8. The number of aromatic hydroxyl groups is 1. The van der Waals surface area contributed by atoms with Crippen LogP contribution in [0.15, 0.2) is 0 Å². The van der Waals surface area contributed by atoms with Crippen LogP contribution in [0.1, 0.15) is 115 Å². The van der Waals surface area contributed by atoms with Crippen molar-refractivity contribution < 1.29 is 9.84 Å². The van der Waals surface area contributed by atoms with Gasteiger partial charge < -0.3 is 15.2 Å². The van der Waals surface area contributed by atoms with Crippen molar-refractivity contribution in [1.29, 1.82) is 0 Å². The molecule has 2 rings (SSSR count). The van der Waals surface area contributed by atoms with Gasteiger partial charge in [0.05, 0.1) is 6.04 Å². The summed E-state index contributed by atoms with van der Waals surface area (Å²) in [4.78, 5) is 0. The molecule has 1 aromatic rings. The lowest BCUT2D eigenvalue weighted by atomic mass is 9.80. The fraction of sp³-hybridized carbons (Fsp3) is 0.800. The highest BCUT2D eigenvalue weighted by molar-refractivity contribution is 5.58. The molecule has 1 aliphatic rings. The van der Waals surface area contributed by atoms with Crippen molar-refractivity contribution in [3.63, 3.8) is 0 Å². The van der Waals surface area contributed by atoms with Gasteiger partial charge in [0.1, 0.15) is 17.1 Å². The maximum absolute atomic E-state index is 10.5. The van der Waals surface area contributed by atoms with Crippen molar-refractivity contribution in [2.24, 2.45) is 17.8 Å². The Bertz CT molecular complexity index is 756. The number of nitrogens with one attached hydrogen (secondary N) is 1. The molecule has 0 aromatic heterocycles. The Morgan fingerprint density at radius 1 is 0.879 bits per heavy atom. The first-order chi connectivity index (χ1) is 15.5. The minimum atomic E-state index is -0.215. The van der Waals surface area contributed by atoms with Crippen molar-refractivity contribution in [3.8, 4) is 11.5 Å². The van der Waals surface area contributed by atoms with Crippen LogP contribution in [-0.4, -0.2) is 23.8 Å². The lowest BCUT2D eigenvalue weighted by molar-refractivity contribution is 0.0212. The lowest BCUT2D eigenvalue weighted by Gasteiger charge is -2.44. The summed E-state index contributed by atoms with van der Waals surface area (Å²) in [7, 11) is 2.04. The number of benzene rings is 1. The second kappa shape index (κ2) is 12.5. The third-order valence-electron chi connectivity index (χ3n) is 8.41. The first-order valence-corrected chi connectivity index (χ1v) is 13.7. The second-order valence-corrected chi connectivity index (χ2v) is 11.8. The van der Waals surface area contributed by atoms with Crippen molar-refractivity contribution in [2.45, 2.75) is 131 Å². The van der Waals surface area contributed by atoms with E-state index >= 15 is 0 Å². The predicted molar refractivity (Wildman–Crippen MR) is 143 cm³/mol. The molecule has 0 fully saturated rings. The molecule has 3 heteroatoms. The fourth-order valence-electron chi connectivity index (χ4n) is 5.69. The lowest BCUT2D eigenvalue weighted by Crippen LogP contribution is -2.55. The molecule has 0 radical (unpaired) electrons. The van der Waals surface area contributed by atoms with E-state index in [0.29, 0.717) is 5.75 Å². The number of ether oxygens (including phenoxy) is 1. The number of rotatable bonds is 13. The van der Waals surface area contributed by atoms with E-state index in [1.54, 1.807) is 0 Å². The Labute approximate surface area is 205 Å². The summed E-state index contributed by atoms with van der Waals surface area (Å²) in [5.41, 5.74) is 3.96. The summed E-state index contributed by atoms with van der Waals surface area (Å²) in [6.07, 6.45) is 12.7. The standard InChI is InChI=1S/C30H53NO2/c1-20(2)13-10-14-21(3)15-11-16-22(4)17-12-18-30(8)27(31-9)19-26-25(7)28(32)23(5)24(6)29(26)33-30/h20-22,27,31-32H,10-19H2,1-9H3/t21-,22+,27?,30-/m0/s1. The van der Waals surface area contributed by atoms with Gasteiger partial charge in [-0.15, -0.1) is 0 Å². The van der Waals surface area contributed by atoms with Crippen LogP contribution in [0.3, 0.4) is 0 Å². The Morgan fingerprint density at radius 2 is 1.42 bits per heavy atom. The van der Waals surface area contributed by atoms with E-state index in [1.165, 1.54) is 56.9 Å². The van der Waals surface area contributed by atoms with E-state index < -0.39 is 0 Å². The molecule has 0 spiro atoms. The molecule has 33 heavy (non-hydrogen) atoms. The van der Waals surface area contributed by atoms with Crippen LogP contribution in [0.2, 0.25) is 0 Å². The molecule has 1 aromatic carbocycles. The van der Waals surface area contributed by atoms with Crippen molar-refractivity contribution >= 4 is 0 Å². The molecule has 3 nitrogen and oxygen atoms in total. The number of hydrogen-bond donors (Lipinski definition) is 2. The molecular formula is C30H53NO2. The average Bonchev–Trinajstić information content (AvgIpc) is 2.75. The zero-order valence-electron chi connectivity index (χ0n) is 23.2. The van der Waals surface area contributed by atoms with E-state index in [0.717, 1.165) is 53.0 Å².